The fourth-order valence-corrected chi connectivity index (χ4v) is 7.22. The van der Waals surface area contributed by atoms with Gasteiger partial charge in [0.25, 0.3) is 5.91 Å². The second-order valence-electron chi connectivity index (χ2n) is 13.6. The van der Waals surface area contributed by atoms with Crippen molar-refractivity contribution in [3.05, 3.63) is 144 Å². The van der Waals surface area contributed by atoms with Gasteiger partial charge in [0.05, 0.1) is 20.5 Å². The number of nitrogens with zero attached hydrogens (tertiary/aromatic N) is 4. The molecule has 1 aliphatic heterocycles. The minimum Gasteiger partial charge on any atom is -0.497 e. The number of amides is 1. The minimum atomic E-state index is -2.58. The van der Waals surface area contributed by atoms with Crippen molar-refractivity contribution < 1.29 is 33.0 Å². The van der Waals surface area contributed by atoms with Crippen molar-refractivity contribution in [2.75, 3.05) is 39.2 Å². The summed E-state index contributed by atoms with van der Waals surface area (Å²) in [5.41, 5.74) is 2.61. The molecule has 2 aromatic heterocycles. The summed E-state index contributed by atoms with van der Waals surface area (Å²) in [6.07, 6.45) is 0.646. The van der Waals surface area contributed by atoms with Gasteiger partial charge in [-0.3, -0.25) is 9.36 Å². The maximum Gasteiger partial charge on any atom is 0.256 e. The van der Waals surface area contributed by atoms with Gasteiger partial charge in [-0.25, -0.2) is 15.0 Å². The van der Waals surface area contributed by atoms with Gasteiger partial charge in [0, 0.05) is 11.5 Å². The van der Waals surface area contributed by atoms with Gasteiger partial charge in [-0.2, -0.15) is 0 Å². The molecule has 1 aliphatic rings. The van der Waals surface area contributed by atoms with E-state index in [1.165, 1.54) is 6.33 Å². The molecule has 1 N–H and O–H groups in total. The molecular weight excluding hydrogens is 705 g/mol. The number of ether oxygens (including phenoxy) is 5. The molecule has 0 bridgehead atoms. The number of hydrogen-bond donors (Lipinski definition) is 1. The molecule has 12 nitrogen and oxygen atoms in total. The average molecular weight is 748 g/mol. The second kappa shape index (κ2) is 15.5. The molecule has 13 heteroatoms. The van der Waals surface area contributed by atoms with E-state index in [2.05, 4.69) is 20.3 Å². The van der Waals surface area contributed by atoms with E-state index in [-0.39, 0.29) is 18.1 Å². The van der Waals surface area contributed by atoms with E-state index in [4.69, 9.17) is 23.7 Å². The Morgan fingerprint density at radius 2 is 1.39 bits per heavy atom. The van der Waals surface area contributed by atoms with Crippen LogP contribution in [0.2, 0.25) is 0 Å². The van der Waals surface area contributed by atoms with Crippen LogP contribution < -0.4 is 14.8 Å². The van der Waals surface area contributed by atoms with E-state index in [0.717, 1.165) is 16.7 Å². The Kier molecular flexibility index (Phi) is 10.6. The molecule has 7 rings (SSSR count). The Morgan fingerprint density at radius 3 is 1.96 bits per heavy atom. The minimum absolute atomic E-state index is 0.0186. The van der Waals surface area contributed by atoms with E-state index in [1.807, 2.05) is 91.9 Å². The van der Waals surface area contributed by atoms with Crippen LogP contribution in [-0.4, -0.2) is 71.7 Å². The number of carbonyl (C=O) groups excluding carboxylic acids is 1. The number of hydrogen-bond acceptors (Lipinski definition) is 10. The lowest BCUT2D eigenvalue weighted by Crippen LogP contribution is -2.41. The first-order valence-corrected chi connectivity index (χ1v) is 20.3. The molecule has 278 valence electrons. The van der Waals surface area contributed by atoms with Gasteiger partial charge < -0.3 is 33.6 Å². The largest absolute Gasteiger partial charge is 0.497 e. The monoisotopic (exact) mass is 747 g/mol. The van der Waals surface area contributed by atoms with Crippen molar-refractivity contribution in [1.29, 1.82) is 0 Å². The number of carbonyl (C=O) groups is 1. The quantitative estimate of drug-likeness (QED) is 0.0932. The lowest BCUT2D eigenvalue weighted by molar-refractivity contribution is -0.157. The third kappa shape index (κ3) is 7.38. The van der Waals surface area contributed by atoms with Crippen LogP contribution in [0.5, 0.6) is 11.5 Å². The van der Waals surface area contributed by atoms with Gasteiger partial charge in [-0.1, -0.05) is 79.7 Å². The molecule has 1 saturated heterocycles. The predicted octanol–water partition coefficient (Wildman–Crippen LogP) is 7.56. The fraction of sp³-hybridized carbons (Fsp3) is 0.268. The number of anilines is 1. The van der Waals surface area contributed by atoms with E-state index in [0.29, 0.717) is 28.2 Å². The van der Waals surface area contributed by atoms with Crippen molar-refractivity contribution in [3.63, 3.8) is 0 Å². The molecule has 0 saturated carbocycles. The first-order valence-electron chi connectivity index (χ1n) is 17.5. The molecular formula is C41H42N5O7P. The van der Waals surface area contributed by atoms with E-state index in [1.54, 1.807) is 62.7 Å². The predicted molar refractivity (Wildman–Crippen MR) is 205 cm³/mol. The highest BCUT2D eigenvalue weighted by molar-refractivity contribution is 7.62. The lowest BCUT2D eigenvalue weighted by atomic mass is 9.79. The third-order valence-electron chi connectivity index (χ3n) is 9.44. The van der Waals surface area contributed by atoms with Crippen LogP contribution in [0, 0.1) is 5.92 Å². The van der Waals surface area contributed by atoms with E-state index < -0.39 is 37.3 Å². The molecule has 3 heterocycles. The number of fused-ring (bicyclic) bond motifs is 1. The fourth-order valence-electron chi connectivity index (χ4n) is 6.72. The molecule has 1 unspecified atom stereocenters. The number of nitrogens with one attached hydrogen (secondary N) is 1. The Bertz CT molecular complexity index is 2200. The Hall–Kier alpha value is -5.39. The van der Waals surface area contributed by atoms with Crippen LogP contribution in [0.1, 0.15) is 40.2 Å². The van der Waals surface area contributed by atoms with Gasteiger partial charge in [0.15, 0.2) is 29.5 Å². The first kappa shape index (κ1) is 36.9. The van der Waals surface area contributed by atoms with Crippen molar-refractivity contribution in [1.82, 2.24) is 19.5 Å². The molecule has 6 aromatic rings. The van der Waals surface area contributed by atoms with Crippen LogP contribution in [0.3, 0.4) is 0 Å². The van der Waals surface area contributed by atoms with Crippen LogP contribution in [0.15, 0.2) is 122 Å². The number of benzene rings is 4. The standard InChI is InChI=1S/C41H42N5O7P/c1-27-35(53-41(29-14-10-7-11-15-29,30-16-20-32(49-2)21-17-30)31-18-22-33(50-3)23-19-31)39(52-40(27)51-26-54(4,5)48)46-25-44-34-36(42-24-43-37(34)46)45-38(47)28-12-8-6-9-13-28/h6-25,27,35,39-40H,26H2,1-5H3,(H,42,43,45,47)/t27-,35?,39-,40+/m1/s1. The molecule has 4 aromatic carbocycles. The van der Waals surface area contributed by atoms with Crippen molar-refractivity contribution in [3.8, 4) is 11.5 Å². The zero-order valence-electron chi connectivity index (χ0n) is 30.7. The molecule has 1 fully saturated rings. The van der Waals surface area contributed by atoms with Crippen molar-refractivity contribution in [2.45, 2.75) is 31.1 Å². The van der Waals surface area contributed by atoms with E-state index >= 15 is 0 Å². The summed E-state index contributed by atoms with van der Waals surface area (Å²) in [6.45, 7) is 5.35. The first-order chi connectivity index (χ1) is 26.1. The number of aromatic nitrogens is 4. The van der Waals surface area contributed by atoms with E-state index in [9.17, 15) is 9.36 Å². The zero-order chi connectivity index (χ0) is 37.9. The van der Waals surface area contributed by atoms with Gasteiger partial charge in [-0.05, 0) is 66.4 Å². The van der Waals surface area contributed by atoms with Gasteiger partial charge in [-0.15, -0.1) is 0 Å². The van der Waals surface area contributed by atoms with Gasteiger partial charge >= 0.3 is 0 Å². The number of methoxy groups -OCH3 is 2. The summed E-state index contributed by atoms with van der Waals surface area (Å²) in [7, 11) is 0.683. The molecule has 54 heavy (non-hydrogen) atoms. The Balaban J connectivity index is 1.37. The topological polar surface area (TPSA) is 136 Å². The van der Waals surface area contributed by atoms with Crippen LogP contribution in [0.25, 0.3) is 11.2 Å². The maximum absolute atomic E-state index is 13.1. The molecule has 1 amide bonds. The Morgan fingerprint density at radius 1 is 0.815 bits per heavy atom. The summed E-state index contributed by atoms with van der Waals surface area (Å²) < 4.78 is 46.3. The summed E-state index contributed by atoms with van der Waals surface area (Å²) in [4.78, 5) is 26.8. The van der Waals surface area contributed by atoms with Gasteiger partial charge in [0.1, 0.15) is 43.0 Å². The van der Waals surface area contributed by atoms with Gasteiger partial charge in [0.2, 0.25) is 0 Å². The maximum atomic E-state index is 13.1. The highest BCUT2D eigenvalue weighted by Gasteiger charge is 2.51. The van der Waals surface area contributed by atoms with Crippen LogP contribution in [0.4, 0.5) is 5.82 Å². The molecule has 0 aliphatic carbocycles. The molecule has 0 spiro atoms. The highest BCUT2D eigenvalue weighted by atomic mass is 31.2. The van der Waals surface area contributed by atoms with Crippen LogP contribution >= 0.6 is 7.14 Å². The smallest absolute Gasteiger partial charge is 0.256 e. The molecule has 0 radical (unpaired) electrons. The SMILES string of the molecule is COc1ccc(C(OC2[C@@H](C)[C@@H](OCP(C)(C)=O)O[C@H]2n2cnc3c(NC(=O)c4ccccc4)ncnc32)(c2ccccc2)c2ccc(OC)cc2)cc1. The summed E-state index contributed by atoms with van der Waals surface area (Å²) in [5, 5.41) is 2.88. The molecule has 4 atom stereocenters. The second-order valence-corrected chi connectivity index (χ2v) is 17.0. The number of rotatable bonds is 13. The normalized spacial score (nSPS) is 18.8. The lowest BCUT2D eigenvalue weighted by Gasteiger charge is -2.40. The summed E-state index contributed by atoms with van der Waals surface area (Å²) in [6, 6.07) is 34.4. The summed E-state index contributed by atoms with van der Waals surface area (Å²) in [5.74, 6) is 0.917. The number of imidazole rings is 1. The van der Waals surface area contributed by atoms with Crippen LogP contribution in [-0.2, 0) is 24.4 Å². The Labute approximate surface area is 313 Å². The third-order valence-corrected chi connectivity index (χ3v) is 10.2. The van der Waals surface area contributed by atoms with Crippen molar-refractivity contribution in [2.24, 2.45) is 5.92 Å². The summed E-state index contributed by atoms with van der Waals surface area (Å²) >= 11 is 0. The zero-order valence-corrected chi connectivity index (χ0v) is 31.6. The highest BCUT2D eigenvalue weighted by Crippen LogP contribution is 2.49. The average Bonchev–Trinajstić information content (AvgIpc) is 3.77. The van der Waals surface area contributed by atoms with Crippen molar-refractivity contribution >= 4 is 30.0 Å².